The van der Waals surface area contributed by atoms with E-state index < -0.39 is 12.1 Å². The van der Waals surface area contributed by atoms with Gasteiger partial charge in [0, 0.05) is 0 Å². The van der Waals surface area contributed by atoms with Crippen LogP contribution in [0.2, 0.25) is 0 Å². The summed E-state index contributed by atoms with van der Waals surface area (Å²) in [5.74, 6) is 10.8. The topological polar surface area (TPSA) is 145 Å². The largest absolute Gasteiger partial charge is 0.350 e. The Balaban J connectivity index is 3.19. The second kappa shape index (κ2) is 4.47. The molecule has 8 nitrogen and oxygen atoms in total. The molecule has 86 valence electrons. The maximum atomic E-state index is 10.9. The summed E-state index contributed by atoms with van der Waals surface area (Å²) in [4.78, 5) is 21.8. The van der Waals surface area contributed by atoms with Gasteiger partial charge >= 0.3 is 12.1 Å². The van der Waals surface area contributed by atoms with E-state index in [1.54, 1.807) is 12.1 Å². The number of primary amides is 2. The number of nitrogens with two attached hydrogens (primary N) is 4. The molecule has 0 spiro atoms. The Bertz CT molecular complexity index is 382. The highest BCUT2D eigenvalue weighted by Gasteiger charge is 2.17. The number of hydrazine groups is 2. The minimum Gasteiger partial charge on any atom is -0.350 e. The number of rotatable bonds is 2. The number of carbonyl (C=O) groups is 2. The number of amides is 4. The Morgan fingerprint density at radius 2 is 1.19 bits per heavy atom. The molecule has 1 rings (SSSR count). The zero-order chi connectivity index (χ0) is 12.3. The summed E-state index contributed by atoms with van der Waals surface area (Å²) in [5.41, 5.74) is 10.4. The molecule has 0 atom stereocenters. The van der Waals surface area contributed by atoms with E-state index in [4.69, 9.17) is 23.2 Å². The minimum atomic E-state index is -0.884. The number of para-hydroxylation sites is 2. The quantitative estimate of drug-likeness (QED) is 0.296. The highest BCUT2D eigenvalue weighted by atomic mass is 16.2. The van der Waals surface area contributed by atoms with Crippen molar-refractivity contribution in [2.75, 3.05) is 10.0 Å². The molecule has 0 fully saturated rings. The van der Waals surface area contributed by atoms with Crippen molar-refractivity contribution < 1.29 is 9.59 Å². The van der Waals surface area contributed by atoms with Gasteiger partial charge in [0.1, 0.15) is 0 Å². The molecule has 0 saturated carbocycles. The van der Waals surface area contributed by atoms with Gasteiger partial charge in [-0.25, -0.2) is 31.3 Å². The first kappa shape index (κ1) is 11.8. The van der Waals surface area contributed by atoms with Crippen LogP contribution in [0.15, 0.2) is 24.3 Å². The van der Waals surface area contributed by atoms with Crippen molar-refractivity contribution in [3.8, 4) is 0 Å². The molecule has 0 aliphatic carbocycles. The Kier molecular flexibility index (Phi) is 3.28. The van der Waals surface area contributed by atoms with Crippen LogP contribution in [0.25, 0.3) is 0 Å². The zero-order valence-electron chi connectivity index (χ0n) is 8.33. The van der Waals surface area contributed by atoms with Crippen LogP contribution in [0.5, 0.6) is 0 Å². The molecule has 0 heterocycles. The molecule has 0 radical (unpaired) electrons. The number of carbonyl (C=O) groups excluding carboxylic acids is 2. The van der Waals surface area contributed by atoms with E-state index in [9.17, 15) is 9.59 Å². The third-order valence-electron chi connectivity index (χ3n) is 1.88. The molecule has 0 aliphatic heterocycles. The predicted molar refractivity (Wildman–Crippen MR) is 58.9 cm³/mol. The van der Waals surface area contributed by atoms with Crippen LogP contribution in [0.1, 0.15) is 0 Å². The molecule has 16 heavy (non-hydrogen) atoms. The van der Waals surface area contributed by atoms with Gasteiger partial charge in [0.2, 0.25) is 0 Å². The predicted octanol–water partition coefficient (Wildman–Crippen LogP) is -0.796. The van der Waals surface area contributed by atoms with Gasteiger partial charge in [0.25, 0.3) is 0 Å². The molecule has 0 unspecified atom stereocenters. The van der Waals surface area contributed by atoms with Crippen LogP contribution in [0, 0.1) is 0 Å². The maximum absolute atomic E-state index is 10.9. The average Bonchev–Trinajstić information content (AvgIpc) is 2.26. The first-order valence-electron chi connectivity index (χ1n) is 4.22. The van der Waals surface area contributed by atoms with Gasteiger partial charge in [-0.1, -0.05) is 12.1 Å². The summed E-state index contributed by atoms with van der Waals surface area (Å²) in [6.45, 7) is 0. The fraction of sp³-hybridized carbons (Fsp3) is 0. The fourth-order valence-corrected chi connectivity index (χ4v) is 1.11. The summed E-state index contributed by atoms with van der Waals surface area (Å²) in [6, 6.07) is 4.40. The van der Waals surface area contributed by atoms with Crippen molar-refractivity contribution in [3.05, 3.63) is 24.3 Å². The second-order valence-electron chi connectivity index (χ2n) is 2.91. The minimum absolute atomic E-state index is 0.177. The lowest BCUT2D eigenvalue weighted by molar-refractivity contribution is 0.252. The summed E-state index contributed by atoms with van der Waals surface area (Å²) in [7, 11) is 0. The average molecular weight is 224 g/mol. The summed E-state index contributed by atoms with van der Waals surface area (Å²) in [6.07, 6.45) is 0. The number of urea groups is 2. The van der Waals surface area contributed by atoms with E-state index in [1.165, 1.54) is 12.1 Å². The van der Waals surface area contributed by atoms with Crippen LogP contribution < -0.4 is 33.2 Å². The second-order valence-corrected chi connectivity index (χ2v) is 2.91. The van der Waals surface area contributed by atoms with Gasteiger partial charge < -0.3 is 11.5 Å². The van der Waals surface area contributed by atoms with Gasteiger partial charge in [-0.3, -0.25) is 0 Å². The monoisotopic (exact) mass is 224 g/mol. The molecule has 4 amide bonds. The third kappa shape index (κ3) is 2.19. The van der Waals surface area contributed by atoms with Gasteiger partial charge in [-0.05, 0) is 12.1 Å². The van der Waals surface area contributed by atoms with Gasteiger partial charge in [-0.15, -0.1) is 0 Å². The van der Waals surface area contributed by atoms with Crippen LogP contribution in [0.4, 0.5) is 21.0 Å². The van der Waals surface area contributed by atoms with Crippen LogP contribution in [-0.4, -0.2) is 12.1 Å². The van der Waals surface area contributed by atoms with Gasteiger partial charge in [0.15, 0.2) is 0 Å². The van der Waals surface area contributed by atoms with Gasteiger partial charge in [-0.2, -0.15) is 0 Å². The van der Waals surface area contributed by atoms with Crippen LogP contribution in [0.3, 0.4) is 0 Å². The van der Waals surface area contributed by atoms with E-state index in [0.29, 0.717) is 10.0 Å². The van der Waals surface area contributed by atoms with E-state index in [2.05, 4.69) is 0 Å². The third-order valence-corrected chi connectivity index (χ3v) is 1.88. The molecular weight excluding hydrogens is 212 g/mol. The lowest BCUT2D eigenvalue weighted by Crippen LogP contribution is -2.46. The summed E-state index contributed by atoms with van der Waals surface area (Å²) < 4.78 is 0. The van der Waals surface area contributed by atoms with Crippen molar-refractivity contribution >= 4 is 23.4 Å². The molecule has 8 heteroatoms. The van der Waals surface area contributed by atoms with E-state index >= 15 is 0 Å². The summed E-state index contributed by atoms with van der Waals surface area (Å²) in [5, 5.41) is 1.33. The Morgan fingerprint density at radius 3 is 1.44 bits per heavy atom. The smallest absolute Gasteiger partial charge is 0.333 e. The zero-order valence-corrected chi connectivity index (χ0v) is 8.33. The van der Waals surface area contributed by atoms with E-state index in [0.717, 1.165) is 0 Å². The van der Waals surface area contributed by atoms with Crippen molar-refractivity contribution in [2.24, 2.45) is 23.2 Å². The van der Waals surface area contributed by atoms with Crippen molar-refractivity contribution in [1.82, 2.24) is 0 Å². The molecule has 1 aromatic carbocycles. The molecule has 0 aliphatic rings. The molecule has 0 bridgehead atoms. The number of benzene rings is 1. The first-order chi connectivity index (χ1) is 7.45. The number of nitrogens with zero attached hydrogens (tertiary/aromatic N) is 2. The molecule has 0 aromatic heterocycles. The molecule has 0 saturated heterocycles. The SMILES string of the molecule is NC(=O)N(N)c1ccccc1N(N)C(N)=O. The molecular formula is C8H12N6O2. The van der Waals surface area contributed by atoms with Crippen molar-refractivity contribution in [1.29, 1.82) is 0 Å². The van der Waals surface area contributed by atoms with Crippen LogP contribution >= 0.6 is 0 Å². The number of anilines is 2. The lowest BCUT2D eigenvalue weighted by Gasteiger charge is -2.22. The molecule has 1 aromatic rings. The van der Waals surface area contributed by atoms with Crippen molar-refractivity contribution in [3.63, 3.8) is 0 Å². The number of hydrogen-bond donors (Lipinski definition) is 4. The Morgan fingerprint density at radius 1 is 0.875 bits per heavy atom. The fourth-order valence-electron chi connectivity index (χ4n) is 1.11. The Labute approximate surface area is 91.3 Å². The lowest BCUT2D eigenvalue weighted by atomic mass is 10.2. The highest BCUT2D eigenvalue weighted by Crippen LogP contribution is 2.25. The van der Waals surface area contributed by atoms with Crippen LogP contribution in [-0.2, 0) is 0 Å². The Hall–Kier alpha value is -2.32. The van der Waals surface area contributed by atoms with Gasteiger partial charge in [0.05, 0.1) is 11.4 Å². The van der Waals surface area contributed by atoms with E-state index in [1.807, 2.05) is 0 Å². The van der Waals surface area contributed by atoms with E-state index in [-0.39, 0.29) is 11.4 Å². The first-order valence-corrected chi connectivity index (χ1v) is 4.22. The van der Waals surface area contributed by atoms with Crippen molar-refractivity contribution in [2.45, 2.75) is 0 Å². The highest BCUT2D eigenvalue weighted by molar-refractivity contribution is 5.98. The number of hydrogen-bond acceptors (Lipinski definition) is 4. The normalized spacial score (nSPS) is 9.62. The molecule has 8 N–H and O–H groups in total. The maximum Gasteiger partial charge on any atom is 0.333 e. The standard InChI is InChI=1S/C8H12N6O2/c9-7(15)13(11)5-3-1-2-4-6(5)14(12)8(10)16/h1-4H,11-12H2,(H2,9,15)(H2,10,16). The summed E-state index contributed by atoms with van der Waals surface area (Å²) >= 11 is 0.